The van der Waals surface area contributed by atoms with E-state index < -0.39 is 23.4 Å². The van der Waals surface area contributed by atoms with Gasteiger partial charge in [-0.1, -0.05) is 18.2 Å². The topological polar surface area (TPSA) is 130 Å². The first-order valence-corrected chi connectivity index (χ1v) is 9.01. The van der Waals surface area contributed by atoms with Crippen LogP contribution in [0.5, 0.6) is 11.5 Å². The number of carbonyl (C=O) groups excluding carboxylic acids is 2. The normalized spacial score (nSPS) is 10.2. The van der Waals surface area contributed by atoms with Crippen LogP contribution in [0.1, 0.15) is 16.1 Å². The molecule has 0 aliphatic heterocycles. The first-order chi connectivity index (χ1) is 15.0. The van der Waals surface area contributed by atoms with E-state index in [4.69, 9.17) is 18.6 Å². The van der Waals surface area contributed by atoms with E-state index in [-0.39, 0.29) is 29.5 Å². The van der Waals surface area contributed by atoms with Crippen molar-refractivity contribution in [1.82, 2.24) is 0 Å². The van der Waals surface area contributed by atoms with Crippen molar-refractivity contribution < 1.29 is 33.1 Å². The number of hydrogen-bond donors (Lipinski definition) is 1. The molecule has 0 unspecified atom stereocenters. The van der Waals surface area contributed by atoms with Crippen LogP contribution in [0.15, 0.2) is 65.3 Å². The van der Waals surface area contributed by atoms with Crippen molar-refractivity contribution in [2.75, 3.05) is 19.0 Å². The lowest BCUT2D eigenvalue weighted by Crippen LogP contribution is -2.21. The van der Waals surface area contributed by atoms with Gasteiger partial charge in [0.15, 0.2) is 6.61 Å². The number of hydrogen-bond acceptors (Lipinski definition) is 8. The van der Waals surface area contributed by atoms with E-state index >= 15 is 0 Å². The van der Waals surface area contributed by atoms with Crippen molar-refractivity contribution in [1.29, 1.82) is 0 Å². The van der Waals surface area contributed by atoms with E-state index in [1.54, 1.807) is 18.2 Å². The molecule has 0 radical (unpaired) electrons. The zero-order valence-electron chi connectivity index (χ0n) is 16.4. The van der Waals surface area contributed by atoms with Crippen molar-refractivity contribution in [2.45, 2.75) is 6.61 Å². The van der Waals surface area contributed by atoms with Crippen LogP contribution in [0.3, 0.4) is 0 Å². The fourth-order valence-electron chi connectivity index (χ4n) is 2.59. The zero-order chi connectivity index (χ0) is 22.2. The van der Waals surface area contributed by atoms with Crippen LogP contribution in [-0.2, 0) is 16.1 Å². The predicted octanol–water partition coefficient (Wildman–Crippen LogP) is 3.57. The smallest absolute Gasteiger partial charge is 0.375 e. The number of methoxy groups -OCH3 is 1. The molecule has 10 nitrogen and oxygen atoms in total. The summed E-state index contributed by atoms with van der Waals surface area (Å²) in [6.07, 6.45) is 1.32. The molecule has 160 valence electrons. The summed E-state index contributed by atoms with van der Waals surface area (Å²) >= 11 is 0. The Hall–Kier alpha value is -4.34. The highest BCUT2D eigenvalue weighted by Gasteiger charge is 2.20. The second kappa shape index (κ2) is 9.92. The number of carbonyl (C=O) groups is 2. The minimum Gasteiger partial charge on any atom is -0.494 e. The Morgan fingerprint density at radius 2 is 1.90 bits per heavy atom. The quantitative estimate of drug-likeness (QED) is 0.312. The van der Waals surface area contributed by atoms with Crippen molar-refractivity contribution in [3.8, 4) is 11.5 Å². The minimum atomic E-state index is -0.831. The number of furan rings is 1. The highest BCUT2D eigenvalue weighted by molar-refractivity contribution is 5.96. The summed E-state index contributed by atoms with van der Waals surface area (Å²) < 4.78 is 20.8. The standard InChI is InChI=1S/C21H18N2O8/c1-28-18-11-15(23(26)27)7-8-17(18)22-19(24)13-31-21(25)20-14(9-10-29-20)12-30-16-5-3-2-4-6-16/h2-11H,12-13H2,1H3,(H,22,24). The van der Waals surface area contributed by atoms with Crippen LogP contribution >= 0.6 is 0 Å². The molecule has 0 aliphatic carbocycles. The first kappa shape index (κ1) is 21.4. The number of nitrogens with one attached hydrogen (secondary N) is 1. The van der Waals surface area contributed by atoms with Gasteiger partial charge in [-0.05, 0) is 24.3 Å². The average molecular weight is 426 g/mol. The van der Waals surface area contributed by atoms with Gasteiger partial charge in [0.05, 0.1) is 30.1 Å². The molecule has 1 N–H and O–H groups in total. The number of para-hydroxylation sites is 1. The molecule has 10 heteroatoms. The molecule has 0 spiro atoms. The molecule has 1 heterocycles. The number of anilines is 1. The van der Waals surface area contributed by atoms with Gasteiger partial charge in [-0.2, -0.15) is 0 Å². The molecule has 0 fully saturated rings. The number of non-ortho nitro benzene ring substituents is 1. The average Bonchev–Trinajstić information content (AvgIpc) is 3.25. The number of amides is 1. The van der Waals surface area contributed by atoms with Gasteiger partial charge in [0, 0.05) is 11.6 Å². The number of rotatable bonds is 9. The maximum Gasteiger partial charge on any atom is 0.375 e. The van der Waals surface area contributed by atoms with E-state index in [1.807, 2.05) is 18.2 Å². The molecule has 3 rings (SSSR count). The van der Waals surface area contributed by atoms with Gasteiger partial charge in [-0.25, -0.2) is 4.79 Å². The zero-order valence-corrected chi connectivity index (χ0v) is 16.4. The Balaban J connectivity index is 1.56. The number of nitro groups is 1. The Bertz CT molecular complexity index is 1080. The van der Waals surface area contributed by atoms with Gasteiger partial charge >= 0.3 is 5.97 Å². The van der Waals surface area contributed by atoms with E-state index in [1.165, 1.54) is 31.6 Å². The summed E-state index contributed by atoms with van der Waals surface area (Å²) in [5.41, 5.74) is 0.472. The predicted molar refractivity (Wildman–Crippen MR) is 108 cm³/mol. The van der Waals surface area contributed by atoms with Crippen molar-refractivity contribution in [3.63, 3.8) is 0 Å². The summed E-state index contributed by atoms with van der Waals surface area (Å²) in [6, 6.07) is 14.3. The molecule has 0 atom stereocenters. The van der Waals surface area contributed by atoms with Crippen molar-refractivity contribution >= 4 is 23.3 Å². The van der Waals surface area contributed by atoms with Crippen LogP contribution in [0.2, 0.25) is 0 Å². The molecule has 1 aromatic heterocycles. The lowest BCUT2D eigenvalue weighted by molar-refractivity contribution is -0.384. The van der Waals surface area contributed by atoms with Gasteiger partial charge in [0.1, 0.15) is 18.1 Å². The van der Waals surface area contributed by atoms with E-state index in [0.717, 1.165) is 0 Å². The third-order valence-corrected chi connectivity index (χ3v) is 4.07. The second-order valence-corrected chi connectivity index (χ2v) is 6.14. The molecule has 31 heavy (non-hydrogen) atoms. The summed E-state index contributed by atoms with van der Waals surface area (Å²) in [4.78, 5) is 34.7. The van der Waals surface area contributed by atoms with Crippen LogP contribution in [-0.4, -0.2) is 30.5 Å². The Morgan fingerprint density at radius 1 is 1.13 bits per heavy atom. The molecule has 0 bridgehead atoms. The molecule has 0 saturated heterocycles. The van der Waals surface area contributed by atoms with Gasteiger partial charge in [0.2, 0.25) is 5.76 Å². The molecule has 2 aromatic carbocycles. The fraction of sp³-hybridized carbons (Fsp3) is 0.143. The summed E-state index contributed by atoms with van der Waals surface area (Å²) in [5, 5.41) is 13.3. The molecule has 0 saturated carbocycles. The number of nitro benzene ring substituents is 1. The SMILES string of the molecule is COc1cc([N+](=O)[O-])ccc1NC(=O)COC(=O)c1occc1COc1ccccc1. The van der Waals surface area contributed by atoms with Crippen LogP contribution in [0, 0.1) is 10.1 Å². The van der Waals surface area contributed by atoms with E-state index in [0.29, 0.717) is 11.3 Å². The summed E-state index contributed by atoms with van der Waals surface area (Å²) in [6.45, 7) is -0.518. The van der Waals surface area contributed by atoms with E-state index in [9.17, 15) is 19.7 Å². The molecule has 0 aliphatic rings. The van der Waals surface area contributed by atoms with Gasteiger partial charge in [-0.3, -0.25) is 14.9 Å². The maximum absolute atomic E-state index is 12.3. The third kappa shape index (κ3) is 5.60. The Morgan fingerprint density at radius 3 is 2.61 bits per heavy atom. The lowest BCUT2D eigenvalue weighted by atomic mass is 10.2. The third-order valence-electron chi connectivity index (χ3n) is 4.07. The van der Waals surface area contributed by atoms with Crippen LogP contribution in [0.4, 0.5) is 11.4 Å². The van der Waals surface area contributed by atoms with Crippen molar-refractivity contribution in [2.24, 2.45) is 0 Å². The number of benzene rings is 2. The summed E-state index contributed by atoms with van der Waals surface area (Å²) in [5.74, 6) is -0.840. The lowest BCUT2D eigenvalue weighted by Gasteiger charge is -2.10. The van der Waals surface area contributed by atoms with Crippen molar-refractivity contribution in [3.05, 3.63) is 82.3 Å². The highest BCUT2D eigenvalue weighted by Crippen LogP contribution is 2.29. The minimum absolute atomic E-state index is 0.0725. The fourth-order valence-corrected chi connectivity index (χ4v) is 2.59. The van der Waals surface area contributed by atoms with E-state index in [2.05, 4.69) is 5.32 Å². The Kier molecular flexibility index (Phi) is 6.84. The maximum atomic E-state index is 12.3. The Labute approximate surface area is 176 Å². The highest BCUT2D eigenvalue weighted by atomic mass is 16.6. The molecule has 3 aromatic rings. The molecule has 1 amide bonds. The van der Waals surface area contributed by atoms with Gasteiger partial charge in [0.25, 0.3) is 11.6 Å². The molecular weight excluding hydrogens is 408 g/mol. The number of esters is 1. The number of nitrogens with zero attached hydrogens (tertiary/aromatic N) is 1. The van der Waals surface area contributed by atoms with Crippen LogP contribution in [0.25, 0.3) is 0 Å². The van der Waals surface area contributed by atoms with Gasteiger partial charge in [-0.15, -0.1) is 0 Å². The summed E-state index contributed by atoms with van der Waals surface area (Å²) in [7, 11) is 1.31. The first-order valence-electron chi connectivity index (χ1n) is 9.01. The second-order valence-electron chi connectivity index (χ2n) is 6.14. The van der Waals surface area contributed by atoms with Crippen LogP contribution < -0.4 is 14.8 Å². The monoisotopic (exact) mass is 426 g/mol. The number of ether oxygens (including phenoxy) is 3. The largest absolute Gasteiger partial charge is 0.494 e. The molecular formula is C21H18N2O8. The van der Waals surface area contributed by atoms with Gasteiger partial charge < -0.3 is 23.9 Å².